The zero-order valence-electron chi connectivity index (χ0n) is 10.8. The van der Waals surface area contributed by atoms with Crippen LogP contribution in [0.25, 0.3) is 0 Å². The van der Waals surface area contributed by atoms with E-state index in [9.17, 15) is 8.42 Å². The number of rotatable bonds is 7. The molecule has 1 aromatic heterocycles. The van der Waals surface area contributed by atoms with Gasteiger partial charge in [-0.2, -0.15) is 4.37 Å². The Bertz CT molecular complexity index is 485. The number of nitrogen functional groups attached to an aromatic ring is 1. The lowest BCUT2D eigenvalue weighted by molar-refractivity contribution is 0.0855. The molecular formula is C10H19N3O3S2. The van der Waals surface area contributed by atoms with E-state index in [4.69, 9.17) is 10.5 Å². The molecule has 0 aliphatic heterocycles. The maximum absolute atomic E-state index is 11.9. The molecule has 1 aromatic rings. The number of aromatic nitrogens is 1. The van der Waals surface area contributed by atoms with Crippen molar-refractivity contribution in [2.24, 2.45) is 0 Å². The van der Waals surface area contributed by atoms with Crippen molar-refractivity contribution < 1.29 is 13.2 Å². The molecule has 0 amide bonds. The van der Waals surface area contributed by atoms with Gasteiger partial charge < -0.3 is 15.8 Å². The number of nitrogens with two attached hydrogens (primary N) is 1. The number of hydrogen-bond acceptors (Lipinski definition) is 7. The van der Waals surface area contributed by atoms with Crippen molar-refractivity contribution in [2.75, 3.05) is 30.0 Å². The number of nitrogens with zero attached hydrogens (tertiary/aromatic N) is 1. The minimum atomic E-state index is -3.36. The normalized spacial score (nSPS) is 13.5. The molecule has 1 atom stereocenters. The summed E-state index contributed by atoms with van der Waals surface area (Å²) in [6.07, 6.45) is -0.00416. The number of nitrogens with one attached hydrogen (secondary N) is 1. The Morgan fingerprint density at radius 3 is 2.72 bits per heavy atom. The predicted octanol–water partition coefficient (Wildman–Crippen LogP) is 1.36. The predicted molar refractivity (Wildman–Crippen MR) is 73.8 cm³/mol. The van der Waals surface area contributed by atoms with Gasteiger partial charge in [-0.1, -0.05) is 6.92 Å². The highest BCUT2D eigenvalue weighted by Gasteiger charge is 2.23. The van der Waals surface area contributed by atoms with E-state index in [0.29, 0.717) is 18.2 Å². The number of sulfone groups is 1. The average molecular weight is 293 g/mol. The van der Waals surface area contributed by atoms with Crippen LogP contribution in [0.15, 0.2) is 4.90 Å². The molecule has 0 spiro atoms. The molecule has 0 aliphatic carbocycles. The van der Waals surface area contributed by atoms with E-state index in [-0.39, 0.29) is 22.6 Å². The van der Waals surface area contributed by atoms with Crippen LogP contribution in [0.5, 0.6) is 0 Å². The Hall–Kier alpha value is -0.860. The summed E-state index contributed by atoms with van der Waals surface area (Å²) in [6, 6.07) is 0. The Morgan fingerprint density at radius 1 is 1.50 bits per heavy atom. The number of anilines is 2. The summed E-state index contributed by atoms with van der Waals surface area (Å²) < 4.78 is 33.0. The number of ether oxygens (including phenoxy) is 1. The fourth-order valence-electron chi connectivity index (χ4n) is 1.43. The third-order valence-corrected chi connectivity index (χ3v) is 5.11. The highest BCUT2D eigenvalue weighted by molar-refractivity contribution is 7.91. The fraction of sp³-hybridized carbons (Fsp3) is 0.700. The van der Waals surface area contributed by atoms with Gasteiger partial charge in [0.2, 0.25) is 0 Å². The molecule has 1 heterocycles. The number of hydrogen-bond donors (Lipinski definition) is 2. The van der Waals surface area contributed by atoms with Crippen LogP contribution >= 0.6 is 11.5 Å². The van der Waals surface area contributed by atoms with E-state index < -0.39 is 9.84 Å². The van der Waals surface area contributed by atoms with Gasteiger partial charge in [-0.05, 0) is 25.4 Å². The van der Waals surface area contributed by atoms with Crippen LogP contribution in [-0.4, -0.2) is 37.8 Å². The third kappa shape index (κ3) is 3.56. The summed E-state index contributed by atoms with van der Waals surface area (Å²) in [4.78, 5) is 0.110. The monoisotopic (exact) mass is 293 g/mol. The zero-order chi connectivity index (χ0) is 13.8. The van der Waals surface area contributed by atoms with Crippen molar-refractivity contribution in [3.63, 3.8) is 0 Å². The molecule has 3 N–H and O–H groups in total. The topological polar surface area (TPSA) is 94.3 Å². The fourth-order valence-corrected chi connectivity index (χ4v) is 3.61. The minimum Gasteiger partial charge on any atom is -0.382 e. The van der Waals surface area contributed by atoms with Gasteiger partial charge in [0.1, 0.15) is 9.90 Å². The summed E-state index contributed by atoms with van der Waals surface area (Å²) in [5.74, 6) is 0.0686. The molecule has 0 saturated heterocycles. The second kappa shape index (κ2) is 6.35. The molecule has 0 radical (unpaired) electrons. The third-order valence-electron chi connectivity index (χ3n) is 2.37. The van der Waals surface area contributed by atoms with E-state index in [1.165, 1.54) is 0 Å². The quantitative estimate of drug-likeness (QED) is 0.788. The van der Waals surface area contributed by atoms with Crippen molar-refractivity contribution in [3.8, 4) is 0 Å². The van der Waals surface area contributed by atoms with Crippen LogP contribution in [0.4, 0.5) is 10.8 Å². The van der Waals surface area contributed by atoms with Crippen LogP contribution in [-0.2, 0) is 14.6 Å². The van der Waals surface area contributed by atoms with Crippen molar-refractivity contribution in [3.05, 3.63) is 0 Å². The van der Waals surface area contributed by atoms with Crippen LogP contribution in [0, 0.1) is 0 Å². The van der Waals surface area contributed by atoms with Crippen LogP contribution in [0.3, 0.4) is 0 Å². The maximum Gasteiger partial charge on any atom is 0.184 e. The van der Waals surface area contributed by atoms with E-state index in [1.54, 1.807) is 6.92 Å². The van der Waals surface area contributed by atoms with Crippen molar-refractivity contribution in [1.29, 1.82) is 0 Å². The molecule has 18 heavy (non-hydrogen) atoms. The summed E-state index contributed by atoms with van der Waals surface area (Å²) in [5.41, 5.74) is 5.62. The highest BCUT2D eigenvalue weighted by Crippen LogP contribution is 2.32. The molecule has 0 fully saturated rings. The van der Waals surface area contributed by atoms with Gasteiger partial charge in [-0.25, -0.2) is 8.42 Å². The van der Waals surface area contributed by atoms with Gasteiger partial charge in [-0.3, -0.25) is 0 Å². The molecule has 8 heteroatoms. The Balaban J connectivity index is 2.85. The van der Waals surface area contributed by atoms with Gasteiger partial charge in [0.25, 0.3) is 0 Å². The molecular weight excluding hydrogens is 274 g/mol. The van der Waals surface area contributed by atoms with E-state index >= 15 is 0 Å². The van der Waals surface area contributed by atoms with Gasteiger partial charge in [0, 0.05) is 13.2 Å². The minimum absolute atomic E-state index is 0.00416. The Morgan fingerprint density at radius 2 is 2.17 bits per heavy atom. The maximum atomic E-state index is 11.9. The molecule has 0 bridgehead atoms. The summed E-state index contributed by atoms with van der Waals surface area (Å²) in [7, 11) is -3.36. The van der Waals surface area contributed by atoms with E-state index in [2.05, 4.69) is 9.69 Å². The first kappa shape index (κ1) is 15.2. The summed E-state index contributed by atoms with van der Waals surface area (Å²) >= 11 is 1.06. The van der Waals surface area contributed by atoms with Crippen LogP contribution < -0.4 is 11.1 Å². The first-order valence-electron chi connectivity index (χ1n) is 5.75. The Labute approximate surface area is 112 Å². The van der Waals surface area contributed by atoms with E-state index in [0.717, 1.165) is 11.5 Å². The molecule has 6 nitrogen and oxygen atoms in total. The molecule has 104 valence electrons. The largest absolute Gasteiger partial charge is 0.382 e. The molecule has 0 aliphatic rings. The molecule has 0 aromatic carbocycles. The van der Waals surface area contributed by atoms with Crippen molar-refractivity contribution in [1.82, 2.24) is 4.37 Å². The van der Waals surface area contributed by atoms with Crippen LogP contribution in [0.2, 0.25) is 0 Å². The van der Waals surface area contributed by atoms with Crippen molar-refractivity contribution in [2.45, 2.75) is 31.8 Å². The first-order valence-corrected chi connectivity index (χ1v) is 8.18. The second-order valence-corrected chi connectivity index (χ2v) is 6.76. The van der Waals surface area contributed by atoms with Gasteiger partial charge in [0.05, 0.1) is 11.9 Å². The summed E-state index contributed by atoms with van der Waals surface area (Å²) in [5, 5.41) is 3.52. The van der Waals surface area contributed by atoms with Gasteiger partial charge in [-0.15, -0.1) is 0 Å². The highest BCUT2D eigenvalue weighted by atomic mass is 32.2. The molecule has 0 saturated carbocycles. The zero-order valence-corrected chi connectivity index (χ0v) is 12.4. The summed E-state index contributed by atoms with van der Waals surface area (Å²) in [6.45, 7) is 6.54. The van der Waals surface area contributed by atoms with Gasteiger partial charge >= 0.3 is 0 Å². The smallest absolute Gasteiger partial charge is 0.184 e. The lowest BCUT2D eigenvalue weighted by atomic mass is 10.4. The lowest BCUT2D eigenvalue weighted by Gasteiger charge is -2.13. The average Bonchev–Trinajstić information content (AvgIpc) is 2.69. The standard InChI is InChI=1S/C10H19N3O3S2/c1-4-16-7(3)6-12-10-8(9(11)13-17-10)18(14,15)5-2/h7,12H,4-6H2,1-3H3,(H2,11,13). The SMILES string of the molecule is CCOC(C)CNc1snc(N)c1S(=O)(=O)CC. The molecule has 1 unspecified atom stereocenters. The lowest BCUT2D eigenvalue weighted by Crippen LogP contribution is -2.20. The van der Waals surface area contributed by atoms with E-state index in [1.807, 2.05) is 13.8 Å². The van der Waals surface area contributed by atoms with Gasteiger partial charge in [0.15, 0.2) is 15.7 Å². The second-order valence-electron chi connectivity index (χ2n) is 3.78. The Kier molecular flexibility index (Phi) is 5.36. The van der Waals surface area contributed by atoms with Crippen molar-refractivity contribution >= 4 is 32.2 Å². The molecule has 1 rings (SSSR count). The first-order chi connectivity index (χ1) is 8.42. The van der Waals surface area contributed by atoms with Crippen LogP contribution in [0.1, 0.15) is 20.8 Å².